The Hall–Kier alpha value is -1.27. The van der Waals surface area contributed by atoms with Gasteiger partial charge in [-0.2, -0.15) is 5.10 Å². The lowest BCUT2D eigenvalue weighted by molar-refractivity contribution is 0.656. The Morgan fingerprint density at radius 3 is 2.78 bits per heavy atom. The van der Waals surface area contributed by atoms with E-state index < -0.39 is 0 Å². The third-order valence-corrected chi connectivity index (χ3v) is 4.08. The van der Waals surface area contributed by atoms with E-state index in [1.54, 1.807) is 6.20 Å². The maximum absolute atomic E-state index is 5.67. The summed E-state index contributed by atoms with van der Waals surface area (Å²) in [6, 6.07) is 3.84. The van der Waals surface area contributed by atoms with Gasteiger partial charge in [0.1, 0.15) is 10.7 Å². The number of thiocarbonyl (C=S) groups is 1. The quantitative estimate of drug-likeness (QED) is 0.880. The van der Waals surface area contributed by atoms with Crippen molar-refractivity contribution in [1.29, 1.82) is 0 Å². The maximum atomic E-state index is 5.67. The van der Waals surface area contributed by atoms with Crippen LogP contribution in [-0.2, 0) is 6.54 Å². The molecule has 18 heavy (non-hydrogen) atoms. The Kier molecular flexibility index (Phi) is 3.77. The highest BCUT2D eigenvalue weighted by atomic mass is 79.9. The molecule has 0 aliphatic rings. The first-order chi connectivity index (χ1) is 8.50. The van der Waals surface area contributed by atoms with Crippen LogP contribution in [0.25, 0.3) is 0 Å². The predicted octanol–water partition coefficient (Wildman–Crippen LogP) is 2.34. The average molecular weight is 325 g/mol. The van der Waals surface area contributed by atoms with Crippen molar-refractivity contribution in [3.8, 4) is 0 Å². The fourth-order valence-electron chi connectivity index (χ4n) is 1.78. The van der Waals surface area contributed by atoms with E-state index in [0.29, 0.717) is 17.2 Å². The number of hydrogen-bond donors (Lipinski definition) is 1. The van der Waals surface area contributed by atoms with Gasteiger partial charge >= 0.3 is 0 Å². The van der Waals surface area contributed by atoms with Gasteiger partial charge in [0.05, 0.1) is 22.4 Å². The SMILES string of the molecule is Cc1nn(Cc2cccnc2C(N)=S)c(C)c1Br. The molecule has 0 saturated heterocycles. The third-order valence-electron chi connectivity index (χ3n) is 2.74. The number of aryl methyl sites for hydroxylation is 1. The molecule has 0 unspecified atom stereocenters. The van der Waals surface area contributed by atoms with Crippen molar-refractivity contribution in [2.75, 3.05) is 0 Å². The summed E-state index contributed by atoms with van der Waals surface area (Å²) in [7, 11) is 0. The largest absolute Gasteiger partial charge is 0.388 e. The van der Waals surface area contributed by atoms with Gasteiger partial charge in [-0.15, -0.1) is 0 Å². The zero-order valence-corrected chi connectivity index (χ0v) is 12.5. The number of rotatable bonds is 3. The molecule has 0 bridgehead atoms. The summed E-state index contributed by atoms with van der Waals surface area (Å²) >= 11 is 8.52. The number of aromatic nitrogens is 3. The first kappa shape index (κ1) is 13.2. The lowest BCUT2D eigenvalue weighted by atomic mass is 10.2. The van der Waals surface area contributed by atoms with E-state index in [0.717, 1.165) is 21.4 Å². The van der Waals surface area contributed by atoms with Crippen molar-refractivity contribution in [1.82, 2.24) is 14.8 Å². The van der Waals surface area contributed by atoms with E-state index in [-0.39, 0.29) is 0 Å². The molecule has 0 atom stereocenters. The molecule has 0 aromatic carbocycles. The minimum atomic E-state index is 0.311. The van der Waals surface area contributed by atoms with Gasteiger partial charge in [0.15, 0.2) is 0 Å². The van der Waals surface area contributed by atoms with Crippen LogP contribution in [0.3, 0.4) is 0 Å². The second-order valence-corrected chi connectivity index (χ2v) is 5.25. The molecule has 0 amide bonds. The summed E-state index contributed by atoms with van der Waals surface area (Å²) in [5.41, 5.74) is 9.35. The number of halogens is 1. The topological polar surface area (TPSA) is 56.7 Å². The average Bonchev–Trinajstić information content (AvgIpc) is 2.57. The van der Waals surface area contributed by atoms with Crippen LogP contribution in [0.1, 0.15) is 22.6 Å². The maximum Gasteiger partial charge on any atom is 0.123 e. The molecule has 0 fully saturated rings. The van der Waals surface area contributed by atoms with E-state index in [1.165, 1.54) is 0 Å². The molecule has 0 aliphatic carbocycles. The van der Waals surface area contributed by atoms with Gasteiger partial charge in [-0.3, -0.25) is 9.67 Å². The zero-order chi connectivity index (χ0) is 13.3. The monoisotopic (exact) mass is 324 g/mol. The fraction of sp³-hybridized carbons (Fsp3) is 0.250. The van der Waals surface area contributed by atoms with Crippen LogP contribution in [0, 0.1) is 13.8 Å². The standard InChI is InChI=1S/C12H13BrN4S/c1-7-10(13)8(2)17(16-7)6-9-4-3-5-15-11(9)12(14)18/h3-5H,6H2,1-2H3,(H2,14,18). The van der Waals surface area contributed by atoms with E-state index >= 15 is 0 Å². The summed E-state index contributed by atoms with van der Waals surface area (Å²) in [6.45, 7) is 4.59. The lowest BCUT2D eigenvalue weighted by Crippen LogP contribution is -2.16. The Bertz CT molecular complexity index is 606. The second-order valence-electron chi connectivity index (χ2n) is 4.02. The van der Waals surface area contributed by atoms with Crippen molar-refractivity contribution < 1.29 is 0 Å². The van der Waals surface area contributed by atoms with Gasteiger partial charge in [-0.1, -0.05) is 18.3 Å². The highest BCUT2D eigenvalue weighted by Crippen LogP contribution is 2.21. The number of hydrogen-bond acceptors (Lipinski definition) is 3. The number of nitrogens with zero attached hydrogens (tertiary/aromatic N) is 3. The normalized spacial score (nSPS) is 10.6. The van der Waals surface area contributed by atoms with Crippen LogP contribution < -0.4 is 5.73 Å². The molecule has 4 nitrogen and oxygen atoms in total. The molecule has 2 rings (SSSR count). The van der Waals surface area contributed by atoms with Crippen LogP contribution in [0.2, 0.25) is 0 Å². The molecule has 2 N–H and O–H groups in total. The second kappa shape index (κ2) is 5.16. The van der Waals surface area contributed by atoms with E-state index in [4.69, 9.17) is 18.0 Å². The highest BCUT2D eigenvalue weighted by Gasteiger charge is 2.12. The summed E-state index contributed by atoms with van der Waals surface area (Å²) < 4.78 is 2.95. The van der Waals surface area contributed by atoms with Gasteiger partial charge in [0.2, 0.25) is 0 Å². The zero-order valence-electron chi connectivity index (χ0n) is 10.1. The Morgan fingerprint density at radius 1 is 1.50 bits per heavy atom. The molecule has 2 aromatic rings. The van der Waals surface area contributed by atoms with Gasteiger partial charge in [0, 0.05) is 11.8 Å². The van der Waals surface area contributed by atoms with Crippen LogP contribution in [0.4, 0.5) is 0 Å². The molecular formula is C12H13BrN4S. The Balaban J connectivity index is 2.40. The van der Waals surface area contributed by atoms with Crippen LogP contribution in [0.15, 0.2) is 22.8 Å². The van der Waals surface area contributed by atoms with Gasteiger partial charge in [0.25, 0.3) is 0 Å². The van der Waals surface area contributed by atoms with Crippen molar-refractivity contribution in [2.24, 2.45) is 5.73 Å². The molecule has 0 saturated carbocycles. The van der Waals surface area contributed by atoms with Crippen LogP contribution in [-0.4, -0.2) is 19.8 Å². The van der Waals surface area contributed by atoms with Crippen LogP contribution >= 0.6 is 28.1 Å². The summed E-state index contributed by atoms with van der Waals surface area (Å²) in [6.07, 6.45) is 1.69. The first-order valence-corrected chi connectivity index (χ1v) is 6.64. The summed E-state index contributed by atoms with van der Waals surface area (Å²) in [4.78, 5) is 4.53. The van der Waals surface area contributed by atoms with Crippen molar-refractivity contribution >= 4 is 33.1 Å². The van der Waals surface area contributed by atoms with E-state index in [9.17, 15) is 0 Å². The van der Waals surface area contributed by atoms with Gasteiger partial charge in [-0.05, 0) is 35.8 Å². The van der Waals surface area contributed by atoms with Crippen molar-refractivity contribution in [3.63, 3.8) is 0 Å². The Labute approximate surface area is 119 Å². The van der Waals surface area contributed by atoms with Gasteiger partial charge < -0.3 is 5.73 Å². The molecule has 0 radical (unpaired) electrons. The van der Waals surface area contributed by atoms with Gasteiger partial charge in [-0.25, -0.2) is 0 Å². The minimum absolute atomic E-state index is 0.311. The van der Waals surface area contributed by atoms with Crippen molar-refractivity contribution in [2.45, 2.75) is 20.4 Å². The lowest BCUT2D eigenvalue weighted by Gasteiger charge is -2.08. The first-order valence-electron chi connectivity index (χ1n) is 5.44. The van der Waals surface area contributed by atoms with Crippen molar-refractivity contribution in [3.05, 3.63) is 45.4 Å². The minimum Gasteiger partial charge on any atom is -0.388 e. The van der Waals surface area contributed by atoms with E-state index in [2.05, 4.69) is 26.0 Å². The van der Waals surface area contributed by atoms with E-state index in [1.807, 2.05) is 30.7 Å². The molecule has 2 aromatic heterocycles. The molecule has 0 aliphatic heterocycles. The Morgan fingerprint density at radius 2 is 2.22 bits per heavy atom. The molecule has 2 heterocycles. The molecule has 94 valence electrons. The summed E-state index contributed by atoms with van der Waals surface area (Å²) in [5.74, 6) is 0. The summed E-state index contributed by atoms with van der Waals surface area (Å²) in [5, 5.41) is 4.46. The third kappa shape index (κ3) is 2.44. The highest BCUT2D eigenvalue weighted by molar-refractivity contribution is 9.10. The number of nitrogens with two attached hydrogens (primary N) is 1. The molecule has 6 heteroatoms. The number of pyridine rings is 1. The molecule has 0 spiro atoms. The predicted molar refractivity (Wildman–Crippen MR) is 78.6 cm³/mol. The van der Waals surface area contributed by atoms with Crippen LogP contribution in [0.5, 0.6) is 0 Å². The smallest absolute Gasteiger partial charge is 0.123 e. The molecular weight excluding hydrogens is 312 g/mol. The fourth-order valence-corrected chi connectivity index (χ4v) is 2.25.